The molecule has 2 atom stereocenters. The van der Waals surface area contributed by atoms with Crippen LogP contribution in [0, 0.1) is 17.8 Å². The van der Waals surface area contributed by atoms with Crippen molar-refractivity contribution in [2.75, 3.05) is 32.8 Å². The Kier molecular flexibility index (Phi) is 4.84. The van der Waals surface area contributed by atoms with Gasteiger partial charge in [-0.25, -0.2) is 12.7 Å². The monoisotopic (exact) mass is 419 g/mol. The summed E-state index contributed by atoms with van der Waals surface area (Å²) in [5.74, 6) is 1.42. The largest absolute Gasteiger partial charge is 0.449 e. The van der Waals surface area contributed by atoms with E-state index >= 15 is 0 Å². The highest BCUT2D eigenvalue weighted by Gasteiger charge is 2.57. The van der Waals surface area contributed by atoms with Crippen LogP contribution >= 0.6 is 0 Å². The van der Waals surface area contributed by atoms with Gasteiger partial charge in [-0.05, 0) is 49.1 Å². The maximum atomic E-state index is 12.8. The third-order valence-corrected chi connectivity index (χ3v) is 8.93. The van der Waals surface area contributed by atoms with Gasteiger partial charge >= 0.3 is 0 Å². The lowest BCUT2D eigenvalue weighted by atomic mass is 10.2. The maximum Gasteiger partial charge on any atom is 0.287 e. The molecule has 2 unspecified atom stereocenters. The number of piperidine rings is 1. The molecular formula is C20H25N3O5S. The zero-order valence-electron chi connectivity index (χ0n) is 16.1. The van der Waals surface area contributed by atoms with Crippen molar-refractivity contribution < 1.29 is 22.4 Å². The molecule has 2 aromatic heterocycles. The highest BCUT2D eigenvalue weighted by atomic mass is 32.2. The second-order valence-electron chi connectivity index (χ2n) is 8.23. The molecule has 3 aliphatic rings. The summed E-state index contributed by atoms with van der Waals surface area (Å²) in [5.41, 5.74) is 0.597. The van der Waals surface area contributed by atoms with E-state index in [1.54, 1.807) is 28.8 Å². The number of rotatable bonds is 6. The van der Waals surface area contributed by atoms with E-state index in [0.29, 0.717) is 69.0 Å². The highest BCUT2D eigenvalue weighted by molar-refractivity contribution is 7.89. The number of furan rings is 1. The molecule has 1 aliphatic carbocycles. The van der Waals surface area contributed by atoms with Gasteiger partial charge in [-0.1, -0.05) is 0 Å². The average Bonchev–Trinajstić information content (AvgIpc) is 3.11. The van der Waals surface area contributed by atoms with Gasteiger partial charge in [0.25, 0.3) is 5.91 Å². The van der Waals surface area contributed by atoms with Gasteiger partial charge in [-0.2, -0.15) is 0 Å². The number of carbonyl (C=O) groups is 1. The number of hydrogen-bond acceptors (Lipinski definition) is 6. The van der Waals surface area contributed by atoms with Crippen LogP contribution in [0.1, 0.15) is 29.8 Å². The van der Waals surface area contributed by atoms with Crippen LogP contribution in [-0.2, 0) is 14.8 Å². The fourth-order valence-corrected chi connectivity index (χ4v) is 6.84. The number of pyridine rings is 1. The summed E-state index contributed by atoms with van der Waals surface area (Å²) in [6, 6.07) is 3.53. The Hall–Kier alpha value is -1.97. The van der Waals surface area contributed by atoms with Crippen molar-refractivity contribution in [3.8, 4) is 0 Å². The minimum Gasteiger partial charge on any atom is -0.449 e. The minimum atomic E-state index is -3.20. The molecule has 0 radical (unpaired) electrons. The molecule has 3 fully saturated rings. The molecule has 0 bridgehead atoms. The Morgan fingerprint density at radius 2 is 2.00 bits per heavy atom. The quantitative estimate of drug-likeness (QED) is 0.764. The Morgan fingerprint density at radius 1 is 1.24 bits per heavy atom. The first-order valence-electron chi connectivity index (χ1n) is 10.2. The van der Waals surface area contributed by atoms with Gasteiger partial charge in [0.2, 0.25) is 10.0 Å². The number of ether oxygens (including phenoxy) is 1. The van der Waals surface area contributed by atoms with Crippen LogP contribution in [0.25, 0.3) is 11.0 Å². The van der Waals surface area contributed by atoms with E-state index in [2.05, 4.69) is 10.3 Å². The third-order valence-electron chi connectivity index (χ3n) is 6.60. The van der Waals surface area contributed by atoms with E-state index in [1.165, 1.54) is 0 Å². The van der Waals surface area contributed by atoms with Crippen molar-refractivity contribution in [3.63, 3.8) is 0 Å². The fraction of sp³-hybridized carbons (Fsp3) is 0.600. The maximum absolute atomic E-state index is 12.8. The SMILES string of the molecule is O=C(NCCC1C2CN(S(=O)(=O)C3CCOCC3)CC12)c1cc2ccncc2o1. The first-order valence-corrected chi connectivity index (χ1v) is 11.7. The molecule has 8 nitrogen and oxygen atoms in total. The van der Waals surface area contributed by atoms with Crippen molar-refractivity contribution in [1.82, 2.24) is 14.6 Å². The molecule has 0 spiro atoms. The van der Waals surface area contributed by atoms with Crippen molar-refractivity contribution in [1.29, 1.82) is 0 Å². The summed E-state index contributed by atoms with van der Waals surface area (Å²) in [7, 11) is -3.20. The van der Waals surface area contributed by atoms with E-state index in [-0.39, 0.29) is 16.9 Å². The number of nitrogens with one attached hydrogen (secondary N) is 1. The van der Waals surface area contributed by atoms with Gasteiger partial charge in [0.1, 0.15) is 0 Å². The molecule has 2 aliphatic heterocycles. The van der Waals surface area contributed by atoms with Gasteiger partial charge in [-0.15, -0.1) is 0 Å². The van der Waals surface area contributed by atoms with Gasteiger partial charge in [-0.3, -0.25) is 9.78 Å². The Bertz CT molecular complexity index is 969. The van der Waals surface area contributed by atoms with Crippen LogP contribution in [0.15, 0.2) is 28.9 Å². The lowest BCUT2D eigenvalue weighted by Gasteiger charge is -2.28. The zero-order chi connectivity index (χ0) is 20.0. The summed E-state index contributed by atoms with van der Waals surface area (Å²) >= 11 is 0. The number of carbonyl (C=O) groups excluding carboxylic acids is 1. The van der Waals surface area contributed by atoms with Crippen LogP contribution in [0.3, 0.4) is 0 Å². The van der Waals surface area contributed by atoms with Crippen LogP contribution in [-0.4, -0.2) is 61.7 Å². The Morgan fingerprint density at radius 3 is 2.72 bits per heavy atom. The first-order chi connectivity index (χ1) is 14.0. The Labute approximate surface area is 169 Å². The summed E-state index contributed by atoms with van der Waals surface area (Å²) in [6.07, 6.45) is 5.32. The molecule has 1 N–H and O–H groups in total. The number of hydrogen-bond donors (Lipinski definition) is 1. The predicted octanol–water partition coefficient (Wildman–Crippen LogP) is 1.63. The summed E-state index contributed by atoms with van der Waals surface area (Å²) in [5, 5.41) is 3.48. The lowest BCUT2D eigenvalue weighted by Crippen LogP contribution is -2.41. The molecular weight excluding hydrogens is 394 g/mol. The van der Waals surface area contributed by atoms with Crippen LogP contribution < -0.4 is 5.32 Å². The number of fused-ring (bicyclic) bond motifs is 2. The van der Waals surface area contributed by atoms with E-state index in [1.807, 2.05) is 0 Å². The molecule has 1 amide bonds. The van der Waals surface area contributed by atoms with Crippen molar-refractivity contribution in [2.24, 2.45) is 17.8 Å². The molecule has 9 heteroatoms. The average molecular weight is 420 g/mol. The highest BCUT2D eigenvalue weighted by Crippen LogP contribution is 2.54. The van der Waals surface area contributed by atoms with Gasteiger partial charge in [0.15, 0.2) is 11.3 Å². The Balaban J connectivity index is 1.09. The molecule has 2 saturated heterocycles. The topological polar surface area (TPSA) is 102 Å². The summed E-state index contributed by atoms with van der Waals surface area (Å²) < 4.78 is 38.1. The normalized spacial score (nSPS) is 27.8. The first kappa shape index (κ1) is 19.0. The minimum absolute atomic E-state index is 0.226. The zero-order valence-corrected chi connectivity index (χ0v) is 16.9. The van der Waals surface area contributed by atoms with E-state index < -0.39 is 10.0 Å². The molecule has 5 rings (SSSR count). The second kappa shape index (κ2) is 7.37. The predicted molar refractivity (Wildman–Crippen MR) is 106 cm³/mol. The van der Waals surface area contributed by atoms with E-state index in [9.17, 15) is 13.2 Å². The molecule has 1 saturated carbocycles. The molecule has 4 heterocycles. The van der Waals surface area contributed by atoms with Gasteiger partial charge < -0.3 is 14.5 Å². The van der Waals surface area contributed by atoms with Crippen molar-refractivity contribution in [2.45, 2.75) is 24.5 Å². The van der Waals surface area contributed by atoms with Crippen molar-refractivity contribution >= 4 is 26.9 Å². The number of amides is 1. The molecule has 29 heavy (non-hydrogen) atoms. The molecule has 156 valence electrons. The fourth-order valence-electron chi connectivity index (χ4n) is 4.87. The summed E-state index contributed by atoms with van der Waals surface area (Å²) in [4.78, 5) is 16.3. The van der Waals surface area contributed by atoms with E-state index in [0.717, 1.165) is 11.8 Å². The van der Waals surface area contributed by atoms with Crippen LogP contribution in [0.4, 0.5) is 0 Å². The number of nitrogens with zero attached hydrogens (tertiary/aromatic N) is 2. The van der Waals surface area contributed by atoms with Crippen LogP contribution in [0.2, 0.25) is 0 Å². The third kappa shape index (κ3) is 3.55. The smallest absolute Gasteiger partial charge is 0.287 e. The van der Waals surface area contributed by atoms with Crippen molar-refractivity contribution in [3.05, 3.63) is 30.3 Å². The molecule has 2 aromatic rings. The van der Waals surface area contributed by atoms with Gasteiger partial charge in [0, 0.05) is 44.4 Å². The van der Waals surface area contributed by atoms with E-state index in [4.69, 9.17) is 9.15 Å². The van der Waals surface area contributed by atoms with Gasteiger partial charge in [0.05, 0.1) is 11.4 Å². The number of aromatic nitrogens is 1. The lowest BCUT2D eigenvalue weighted by molar-refractivity contribution is 0.0926. The summed E-state index contributed by atoms with van der Waals surface area (Å²) in [6.45, 7) is 2.89. The van der Waals surface area contributed by atoms with Crippen LogP contribution in [0.5, 0.6) is 0 Å². The standard InChI is InChI=1S/C20H25N3O5S/c24-20(18-9-13-1-5-21-10-19(13)28-18)22-6-2-15-16-11-23(12-17(15)16)29(25,26)14-3-7-27-8-4-14/h1,5,9-10,14-17H,2-4,6-8,11-12H2,(H,22,24). The second-order valence-corrected chi connectivity index (χ2v) is 10.4. The molecule has 0 aromatic carbocycles. The number of sulfonamides is 1.